The third-order valence-corrected chi connectivity index (χ3v) is 4.67. The molecule has 0 aliphatic carbocycles. The summed E-state index contributed by atoms with van der Waals surface area (Å²) in [5, 5.41) is 1.15. The first-order valence-corrected chi connectivity index (χ1v) is 7.71. The van der Waals surface area contributed by atoms with Crippen LogP contribution < -0.4 is 5.73 Å². The van der Waals surface area contributed by atoms with Gasteiger partial charge in [-0.3, -0.25) is 0 Å². The van der Waals surface area contributed by atoms with Crippen molar-refractivity contribution in [2.45, 2.75) is 10.6 Å². The number of rotatable bonds is 3. The minimum absolute atomic E-state index is 0.573. The monoisotopic (exact) mass is 361 g/mol. The molecular formula is C13H10BrCl2NS. The molecule has 0 aliphatic heterocycles. The molecule has 2 rings (SSSR count). The Morgan fingerprint density at radius 3 is 2.50 bits per heavy atom. The summed E-state index contributed by atoms with van der Waals surface area (Å²) < 4.78 is 0.989. The molecule has 0 atom stereocenters. The van der Waals surface area contributed by atoms with Crippen molar-refractivity contribution in [2.75, 3.05) is 5.73 Å². The lowest BCUT2D eigenvalue weighted by molar-refractivity contribution is 1.38. The number of benzene rings is 2. The minimum atomic E-state index is 0.573. The Balaban J connectivity index is 2.09. The fourth-order valence-corrected chi connectivity index (χ4v) is 3.12. The van der Waals surface area contributed by atoms with Crippen molar-refractivity contribution in [1.82, 2.24) is 0 Å². The highest BCUT2D eigenvalue weighted by atomic mass is 79.9. The largest absolute Gasteiger partial charge is 0.398 e. The maximum Gasteiger partial charge on any atom is 0.0603 e. The first kappa shape index (κ1) is 14.1. The molecule has 2 aromatic carbocycles. The molecule has 1 nitrogen and oxygen atoms in total. The van der Waals surface area contributed by atoms with Gasteiger partial charge in [-0.15, -0.1) is 11.8 Å². The summed E-state index contributed by atoms with van der Waals surface area (Å²) in [6, 6.07) is 11.5. The molecule has 0 spiro atoms. The third-order valence-electron chi connectivity index (χ3n) is 2.39. The summed E-state index contributed by atoms with van der Waals surface area (Å²) in [5.74, 6) is 0.803. The van der Waals surface area contributed by atoms with Crippen LogP contribution in [0.2, 0.25) is 10.0 Å². The molecule has 0 fully saturated rings. The van der Waals surface area contributed by atoms with E-state index in [-0.39, 0.29) is 0 Å². The molecule has 0 unspecified atom stereocenters. The van der Waals surface area contributed by atoms with Gasteiger partial charge >= 0.3 is 0 Å². The van der Waals surface area contributed by atoms with Crippen LogP contribution in [-0.2, 0) is 5.75 Å². The van der Waals surface area contributed by atoms with Crippen LogP contribution in [0.25, 0.3) is 0 Å². The van der Waals surface area contributed by atoms with Crippen molar-refractivity contribution in [3.8, 4) is 0 Å². The van der Waals surface area contributed by atoms with Crippen LogP contribution in [0.1, 0.15) is 5.56 Å². The fourth-order valence-electron chi connectivity index (χ4n) is 1.42. The van der Waals surface area contributed by atoms with Crippen molar-refractivity contribution < 1.29 is 0 Å². The van der Waals surface area contributed by atoms with E-state index in [1.165, 1.54) is 0 Å². The fraction of sp³-hybridized carbons (Fsp3) is 0.0769. The second-order valence-electron chi connectivity index (χ2n) is 3.71. The van der Waals surface area contributed by atoms with Gasteiger partial charge in [-0.1, -0.05) is 45.2 Å². The van der Waals surface area contributed by atoms with Gasteiger partial charge in [0, 0.05) is 20.8 Å². The Bertz CT molecular complexity index is 575. The molecule has 0 aliphatic rings. The van der Waals surface area contributed by atoms with Gasteiger partial charge < -0.3 is 5.73 Å². The van der Waals surface area contributed by atoms with Crippen LogP contribution in [0.15, 0.2) is 45.8 Å². The van der Waals surface area contributed by atoms with Crippen LogP contribution in [0.3, 0.4) is 0 Å². The van der Waals surface area contributed by atoms with Crippen LogP contribution in [0, 0.1) is 0 Å². The summed E-state index contributed by atoms with van der Waals surface area (Å²) in [6.45, 7) is 0. The van der Waals surface area contributed by atoms with E-state index in [2.05, 4.69) is 15.9 Å². The molecule has 0 radical (unpaired) electrons. The number of hydrogen-bond donors (Lipinski definition) is 1. The third kappa shape index (κ3) is 3.58. The van der Waals surface area contributed by atoms with Crippen molar-refractivity contribution in [3.05, 3.63) is 56.5 Å². The predicted molar refractivity (Wildman–Crippen MR) is 84.6 cm³/mol. The topological polar surface area (TPSA) is 26.0 Å². The van der Waals surface area contributed by atoms with Crippen molar-refractivity contribution in [2.24, 2.45) is 0 Å². The standard InChI is InChI=1S/C13H10BrCl2NS/c14-9-2-1-8(13(17)5-9)7-18-10-3-4-11(15)12(16)6-10/h1-6H,7,17H2. The molecule has 0 amide bonds. The highest BCUT2D eigenvalue weighted by Crippen LogP contribution is 2.31. The molecule has 18 heavy (non-hydrogen) atoms. The van der Waals surface area contributed by atoms with Crippen LogP contribution in [0.4, 0.5) is 5.69 Å². The van der Waals surface area contributed by atoms with Gasteiger partial charge in [-0.25, -0.2) is 0 Å². The van der Waals surface area contributed by atoms with E-state index in [4.69, 9.17) is 28.9 Å². The lowest BCUT2D eigenvalue weighted by Gasteiger charge is -2.07. The van der Waals surface area contributed by atoms with Crippen LogP contribution >= 0.6 is 50.9 Å². The molecule has 0 saturated heterocycles. The second kappa shape index (κ2) is 6.20. The number of halogens is 3. The summed E-state index contributed by atoms with van der Waals surface area (Å²) in [6.07, 6.45) is 0. The van der Waals surface area contributed by atoms with Gasteiger partial charge in [-0.05, 0) is 35.9 Å². The second-order valence-corrected chi connectivity index (χ2v) is 6.49. The zero-order valence-corrected chi connectivity index (χ0v) is 13.2. The minimum Gasteiger partial charge on any atom is -0.398 e. The molecular weight excluding hydrogens is 353 g/mol. The maximum absolute atomic E-state index is 5.97. The molecule has 5 heteroatoms. The van der Waals surface area contributed by atoms with E-state index in [9.17, 15) is 0 Å². The maximum atomic E-state index is 5.97. The number of hydrogen-bond acceptors (Lipinski definition) is 2. The van der Waals surface area contributed by atoms with Gasteiger partial charge in [0.05, 0.1) is 10.0 Å². The molecule has 0 saturated carbocycles. The van der Waals surface area contributed by atoms with Gasteiger partial charge in [-0.2, -0.15) is 0 Å². The van der Waals surface area contributed by atoms with Crippen molar-refractivity contribution in [3.63, 3.8) is 0 Å². The van der Waals surface area contributed by atoms with E-state index in [0.29, 0.717) is 10.0 Å². The normalized spacial score (nSPS) is 10.6. The van der Waals surface area contributed by atoms with Gasteiger partial charge in [0.2, 0.25) is 0 Å². The lowest BCUT2D eigenvalue weighted by Crippen LogP contribution is -1.92. The van der Waals surface area contributed by atoms with E-state index < -0.39 is 0 Å². The Labute approximate surface area is 129 Å². The average Bonchev–Trinajstić information content (AvgIpc) is 2.32. The number of thioether (sulfide) groups is 1. The number of anilines is 1. The quantitative estimate of drug-likeness (QED) is 0.565. The zero-order valence-electron chi connectivity index (χ0n) is 9.29. The highest BCUT2D eigenvalue weighted by Gasteiger charge is 2.03. The van der Waals surface area contributed by atoms with Gasteiger partial charge in [0.1, 0.15) is 0 Å². The van der Waals surface area contributed by atoms with Gasteiger partial charge in [0.15, 0.2) is 0 Å². The zero-order chi connectivity index (χ0) is 13.1. The predicted octanol–water partition coefficient (Wildman–Crippen LogP) is 5.63. The molecule has 2 N–H and O–H groups in total. The summed E-state index contributed by atoms with van der Waals surface area (Å²) in [7, 11) is 0. The van der Waals surface area contributed by atoms with E-state index in [0.717, 1.165) is 26.4 Å². The molecule has 94 valence electrons. The first-order valence-electron chi connectivity index (χ1n) is 5.18. The summed E-state index contributed by atoms with van der Waals surface area (Å²) in [4.78, 5) is 1.08. The van der Waals surface area contributed by atoms with Crippen molar-refractivity contribution in [1.29, 1.82) is 0 Å². The van der Waals surface area contributed by atoms with E-state index in [1.807, 2.05) is 30.3 Å². The highest BCUT2D eigenvalue weighted by molar-refractivity contribution is 9.10. The van der Waals surface area contributed by atoms with Crippen LogP contribution in [-0.4, -0.2) is 0 Å². The van der Waals surface area contributed by atoms with E-state index >= 15 is 0 Å². The Kier molecular flexibility index (Phi) is 4.84. The summed E-state index contributed by atoms with van der Waals surface area (Å²) >= 11 is 16.9. The Hall–Kier alpha value is -0.350. The smallest absolute Gasteiger partial charge is 0.0603 e. The number of nitrogens with two attached hydrogens (primary N) is 1. The number of nitrogen functional groups attached to an aromatic ring is 1. The van der Waals surface area contributed by atoms with E-state index in [1.54, 1.807) is 17.8 Å². The first-order chi connectivity index (χ1) is 8.56. The molecule has 0 bridgehead atoms. The summed E-state index contributed by atoms with van der Waals surface area (Å²) in [5.41, 5.74) is 7.84. The molecule has 0 heterocycles. The average molecular weight is 363 g/mol. The van der Waals surface area contributed by atoms with Crippen LogP contribution in [0.5, 0.6) is 0 Å². The molecule has 0 aromatic heterocycles. The molecule has 2 aromatic rings. The Morgan fingerprint density at radius 2 is 1.83 bits per heavy atom. The SMILES string of the molecule is Nc1cc(Br)ccc1CSc1ccc(Cl)c(Cl)c1. The lowest BCUT2D eigenvalue weighted by atomic mass is 10.2. The van der Waals surface area contributed by atoms with Gasteiger partial charge in [0.25, 0.3) is 0 Å². The Morgan fingerprint density at radius 1 is 1.06 bits per heavy atom. The van der Waals surface area contributed by atoms with Crippen molar-refractivity contribution >= 4 is 56.6 Å².